The van der Waals surface area contributed by atoms with Crippen molar-refractivity contribution in [3.05, 3.63) is 51.9 Å². The van der Waals surface area contributed by atoms with E-state index in [1.165, 1.54) is 0 Å². The summed E-state index contributed by atoms with van der Waals surface area (Å²) >= 11 is 0.722. The Labute approximate surface area is 146 Å². The monoisotopic (exact) mass is 371 g/mol. The molecule has 0 aliphatic heterocycles. The van der Waals surface area contributed by atoms with Gasteiger partial charge in [-0.3, -0.25) is 9.59 Å². The first kappa shape index (κ1) is 19.0. The Hall–Kier alpha value is -2.29. The van der Waals surface area contributed by atoms with E-state index in [1.54, 1.807) is 12.1 Å². The number of hydrogen-bond acceptors (Lipinski definition) is 4. The van der Waals surface area contributed by atoms with E-state index in [1.807, 2.05) is 26.0 Å². The fourth-order valence-corrected chi connectivity index (χ4v) is 2.61. The van der Waals surface area contributed by atoms with Crippen LogP contribution >= 0.6 is 11.8 Å². The average molecular weight is 371 g/mol. The first-order valence-corrected chi connectivity index (χ1v) is 8.35. The van der Waals surface area contributed by atoms with Crippen molar-refractivity contribution >= 4 is 23.4 Å². The summed E-state index contributed by atoms with van der Waals surface area (Å²) < 4.78 is 37.9. The number of amides is 1. The molecule has 0 unspecified atom stereocenters. The predicted molar refractivity (Wildman–Crippen MR) is 89.7 cm³/mol. The summed E-state index contributed by atoms with van der Waals surface area (Å²) in [5.74, 6) is -0.234. The lowest BCUT2D eigenvalue weighted by molar-refractivity contribution is -0.141. The number of H-pyrrole nitrogens is 1. The van der Waals surface area contributed by atoms with Crippen LogP contribution in [-0.2, 0) is 11.0 Å². The molecule has 1 aromatic heterocycles. The minimum atomic E-state index is -4.72. The lowest BCUT2D eigenvalue weighted by atomic mass is 10.0. The summed E-state index contributed by atoms with van der Waals surface area (Å²) in [5.41, 5.74) is -0.503. The maximum atomic E-state index is 12.6. The van der Waals surface area contributed by atoms with Crippen molar-refractivity contribution in [2.75, 3.05) is 11.1 Å². The first-order valence-electron chi connectivity index (χ1n) is 7.36. The van der Waals surface area contributed by atoms with Crippen molar-refractivity contribution in [2.24, 2.45) is 0 Å². The van der Waals surface area contributed by atoms with Gasteiger partial charge < -0.3 is 10.3 Å². The van der Waals surface area contributed by atoms with Gasteiger partial charge in [-0.05, 0) is 23.6 Å². The molecular formula is C16H16F3N3O2S. The lowest BCUT2D eigenvalue weighted by Crippen LogP contribution is -2.18. The van der Waals surface area contributed by atoms with Crippen LogP contribution in [0.1, 0.15) is 31.0 Å². The highest BCUT2D eigenvalue weighted by molar-refractivity contribution is 7.99. The summed E-state index contributed by atoms with van der Waals surface area (Å²) in [4.78, 5) is 28.7. The van der Waals surface area contributed by atoms with Crippen LogP contribution in [0, 0.1) is 0 Å². The molecule has 0 bridgehead atoms. The minimum Gasteiger partial charge on any atom is -0.325 e. The molecule has 0 atom stereocenters. The molecule has 134 valence electrons. The number of rotatable bonds is 5. The quantitative estimate of drug-likeness (QED) is 0.622. The second kappa shape index (κ2) is 7.73. The standard InChI is InChI=1S/C16H16F3N3O2S/c1-9(2)10-3-5-11(6-4-10)20-14(24)8-25-15-21-12(16(17,18)19)7-13(23)22-15/h3-7,9H,8H2,1-2H3,(H,20,24)(H,21,22,23). The van der Waals surface area contributed by atoms with E-state index in [0.29, 0.717) is 17.7 Å². The van der Waals surface area contributed by atoms with Crippen LogP contribution in [0.2, 0.25) is 0 Å². The molecule has 2 rings (SSSR count). The van der Waals surface area contributed by atoms with E-state index < -0.39 is 23.3 Å². The van der Waals surface area contributed by atoms with Gasteiger partial charge in [-0.1, -0.05) is 37.7 Å². The highest BCUT2D eigenvalue weighted by atomic mass is 32.2. The number of thioether (sulfide) groups is 1. The van der Waals surface area contributed by atoms with Gasteiger partial charge in [-0.25, -0.2) is 4.98 Å². The Balaban J connectivity index is 1.98. The van der Waals surface area contributed by atoms with Gasteiger partial charge in [0, 0.05) is 11.8 Å². The molecule has 0 spiro atoms. The number of nitrogens with one attached hydrogen (secondary N) is 2. The van der Waals surface area contributed by atoms with Gasteiger partial charge in [0.1, 0.15) is 0 Å². The van der Waals surface area contributed by atoms with Crippen molar-refractivity contribution in [3.63, 3.8) is 0 Å². The molecule has 0 aliphatic rings. The Kier molecular flexibility index (Phi) is 5.89. The van der Waals surface area contributed by atoms with E-state index in [4.69, 9.17) is 0 Å². The van der Waals surface area contributed by atoms with Crippen LogP contribution in [0.15, 0.2) is 40.3 Å². The molecule has 0 saturated heterocycles. The highest BCUT2D eigenvalue weighted by Crippen LogP contribution is 2.27. The van der Waals surface area contributed by atoms with Gasteiger partial charge in [-0.2, -0.15) is 13.2 Å². The zero-order chi connectivity index (χ0) is 18.6. The Bertz CT molecular complexity index is 802. The van der Waals surface area contributed by atoms with Crippen molar-refractivity contribution in [3.8, 4) is 0 Å². The number of benzene rings is 1. The van der Waals surface area contributed by atoms with Crippen molar-refractivity contribution in [1.29, 1.82) is 0 Å². The Morgan fingerprint density at radius 1 is 1.28 bits per heavy atom. The zero-order valence-electron chi connectivity index (χ0n) is 13.5. The van der Waals surface area contributed by atoms with Gasteiger partial charge in [0.2, 0.25) is 5.91 Å². The molecule has 2 N–H and O–H groups in total. The third-order valence-electron chi connectivity index (χ3n) is 3.21. The first-order chi connectivity index (χ1) is 11.6. The Morgan fingerprint density at radius 3 is 2.48 bits per heavy atom. The molecule has 1 aromatic carbocycles. The SMILES string of the molecule is CC(C)c1ccc(NC(=O)CSc2nc(C(F)(F)F)cc(=O)[nH]2)cc1. The highest BCUT2D eigenvalue weighted by Gasteiger charge is 2.33. The third-order valence-corrected chi connectivity index (χ3v) is 4.08. The summed E-state index contributed by atoms with van der Waals surface area (Å²) in [7, 11) is 0. The van der Waals surface area contributed by atoms with E-state index in [-0.39, 0.29) is 10.9 Å². The van der Waals surface area contributed by atoms with Gasteiger partial charge >= 0.3 is 6.18 Å². The summed E-state index contributed by atoms with van der Waals surface area (Å²) in [6.45, 7) is 4.10. The van der Waals surface area contributed by atoms with Crippen molar-refractivity contribution in [2.45, 2.75) is 31.1 Å². The number of halogens is 3. The largest absolute Gasteiger partial charge is 0.433 e. The summed E-state index contributed by atoms with van der Waals surface area (Å²) in [6, 6.07) is 7.66. The summed E-state index contributed by atoms with van der Waals surface area (Å²) in [6.07, 6.45) is -4.72. The molecule has 1 amide bonds. The normalized spacial score (nSPS) is 11.6. The molecular weight excluding hydrogens is 355 g/mol. The predicted octanol–water partition coefficient (Wildman–Crippen LogP) is 3.64. The van der Waals surface area contributed by atoms with Gasteiger partial charge in [0.25, 0.3) is 5.56 Å². The number of carbonyl (C=O) groups excluding carboxylic acids is 1. The van der Waals surface area contributed by atoms with Crippen LogP contribution in [0.25, 0.3) is 0 Å². The molecule has 0 fully saturated rings. The zero-order valence-corrected chi connectivity index (χ0v) is 14.3. The second-order valence-corrected chi connectivity index (χ2v) is 6.51. The van der Waals surface area contributed by atoms with Gasteiger partial charge in [-0.15, -0.1) is 0 Å². The molecule has 25 heavy (non-hydrogen) atoms. The van der Waals surface area contributed by atoms with Crippen molar-refractivity contribution in [1.82, 2.24) is 9.97 Å². The van der Waals surface area contributed by atoms with E-state index in [2.05, 4.69) is 15.3 Å². The van der Waals surface area contributed by atoms with Crippen LogP contribution in [-0.4, -0.2) is 21.6 Å². The van der Waals surface area contributed by atoms with Gasteiger partial charge in [0.15, 0.2) is 10.9 Å². The molecule has 0 aliphatic carbocycles. The number of carbonyl (C=O) groups is 1. The fraction of sp³-hybridized carbons (Fsp3) is 0.312. The molecule has 0 saturated carbocycles. The van der Waals surface area contributed by atoms with Crippen LogP contribution in [0.5, 0.6) is 0 Å². The van der Waals surface area contributed by atoms with Crippen LogP contribution < -0.4 is 10.9 Å². The third kappa shape index (κ3) is 5.63. The maximum absolute atomic E-state index is 12.6. The lowest BCUT2D eigenvalue weighted by Gasteiger charge is -2.09. The number of nitrogens with zero attached hydrogens (tertiary/aromatic N) is 1. The van der Waals surface area contributed by atoms with E-state index >= 15 is 0 Å². The number of aromatic amines is 1. The fourth-order valence-electron chi connectivity index (χ4n) is 1.93. The van der Waals surface area contributed by atoms with Crippen LogP contribution in [0.4, 0.5) is 18.9 Å². The van der Waals surface area contributed by atoms with Gasteiger partial charge in [0.05, 0.1) is 5.75 Å². The number of hydrogen-bond donors (Lipinski definition) is 2. The maximum Gasteiger partial charge on any atom is 0.433 e. The number of alkyl halides is 3. The minimum absolute atomic E-state index is 0.184. The second-order valence-electron chi connectivity index (χ2n) is 5.55. The number of aromatic nitrogens is 2. The average Bonchev–Trinajstić information content (AvgIpc) is 2.52. The van der Waals surface area contributed by atoms with E-state index in [9.17, 15) is 22.8 Å². The smallest absolute Gasteiger partial charge is 0.325 e. The molecule has 1 heterocycles. The number of anilines is 1. The van der Waals surface area contributed by atoms with E-state index in [0.717, 1.165) is 17.3 Å². The molecule has 0 radical (unpaired) electrons. The van der Waals surface area contributed by atoms with Crippen LogP contribution in [0.3, 0.4) is 0 Å². The molecule has 2 aromatic rings. The summed E-state index contributed by atoms with van der Waals surface area (Å²) in [5, 5.41) is 2.38. The topological polar surface area (TPSA) is 74.8 Å². The molecule has 5 nitrogen and oxygen atoms in total. The Morgan fingerprint density at radius 2 is 1.92 bits per heavy atom. The van der Waals surface area contributed by atoms with Crippen molar-refractivity contribution < 1.29 is 18.0 Å². The molecule has 9 heteroatoms.